The first-order chi connectivity index (χ1) is 20.6. The first-order valence-corrected chi connectivity index (χ1v) is 17.4. The Morgan fingerprint density at radius 3 is 1.44 bits per heavy atom. The van der Waals surface area contributed by atoms with Crippen molar-refractivity contribution >= 4 is 10.8 Å². The summed E-state index contributed by atoms with van der Waals surface area (Å²) in [6.45, 7) is 18.2. The van der Waals surface area contributed by atoms with Gasteiger partial charge in [-0.25, -0.2) is 0 Å². The molecule has 4 aromatic carbocycles. The van der Waals surface area contributed by atoms with E-state index in [9.17, 15) is 4.39 Å². The Morgan fingerprint density at radius 2 is 1.00 bits per heavy atom. The molecule has 0 radical (unpaired) electrons. The third kappa shape index (κ3) is 6.16. The predicted molar refractivity (Wildman–Crippen MR) is 175 cm³/mol. The van der Waals surface area contributed by atoms with Crippen LogP contribution in [0, 0.1) is 19.5 Å². The molecule has 1 aromatic heterocycles. The summed E-state index contributed by atoms with van der Waals surface area (Å²) in [6, 6.07) is 24.5. The number of nitrogens with zero attached hydrogens (tertiary/aromatic N) is 2. The monoisotopic (exact) mass is 754 g/mol. The second-order valence-corrected chi connectivity index (χ2v) is 14.4. The van der Waals surface area contributed by atoms with Crippen molar-refractivity contribution in [1.29, 1.82) is 0 Å². The van der Waals surface area contributed by atoms with Gasteiger partial charge in [-0.2, -0.15) is 0 Å². The number of hydrogen-bond acceptors (Lipinski definition) is 0. The molecular weight excluding hydrogens is 712 g/mol. The van der Waals surface area contributed by atoms with Crippen LogP contribution in [0.1, 0.15) is 107 Å². The molecule has 0 unspecified atom stereocenters. The number of benzene rings is 4. The summed E-state index contributed by atoms with van der Waals surface area (Å²) in [5, 5.41) is 1.48. The average molecular weight is 755 g/mol. The third-order valence-corrected chi connectivity index (χ3v) is 10.1. The molecule has 5 rings (SSSR count). The van der Waals surface area contributed by atoms with Crippen molar-refractivity contribution in [3.05, 3.63) is 122 Å². The zero-order chi connectivity index (χ0) is 30.8. The van der Waals surface area contributed by atoms with Crippen molar-refractivity contribution in [2.45, 2.75) is 79.1 Å². The molecule has 43 heavy (non-hydrogen) atoms. The van der Waals surface area contributed by atoms with Crippen LogP contribution in [-0.4, -0.2) is 9.13 Å². The van der Waals surface area contributed by atoms with Crippen LogP contribution < -0.4 is 0 Å². The molecule has 0 saturated carbocycles. The molecule has 0 aliphatic heterocycles. The molecule has 0 fully saturated rings. The van der Waals surface area contributed by atoms with Crippen LogP contribution in [0.4, 0.5) is 4.39 Å². The quantitative estimate of drug-likeness (QED) is 0.121. The molecule has 0 bridgehead atoms. The van der Waals surface area contributed by atoms with Crippen molar-refractivity contribution in [2.75, 3.05) is 0 Å². The van der Waals surface area contributed by atoms with E-state index in [1.807, 2.05) is 30.3 Å². The Morgan fingerprint density at radius 1 is 0.558 bits per heavy atom. The fraction of sp³-hybridized carbons (Fsp3) is 0.308. The summed E-state index contributed by atoms with van der Waals surface area (Å²) in [4.78, 5) is 0. The van der Waals surface area contributed by atoms with E-state index in [0.29, 0.717) is 29.1 Å². The molecule has 0 saturated heterocycles. The SMILES string of the molecule is CC(C)c1cccc(C(C)C)c1-n1ccn(-c2c(C(C)C)cccc2C(C)C)[c]1=[Au][C]#Cc1ccc(F)c2ccccc12. The van der Waals surface area contributed by atoms with Crippen LogP contribution in [0.15, 0.2) is 85.2 Å². The number of fused-ring (bicyclic) bond motifs is 1. The van der Waals surface area contributed by atoms with Crippen LogP contribution in [0.5, 0.6) is 0 Å². The van der Waals surface area contributed by atoms with E-state index in [-0.39, 0.29) is 5.82 Å². The molecule has 226 valence electrons. The molecule has 0 amide bonds. The van der Waals surface area contributed by atoms with Gasteiger partial charge < -0.3 is 0 Å². The number of imidazole rings is 1. The Labute approximate surface area is 265 Å². The molecule has 0 aliphatic rings. The normalized spacial score (nSPS) is 11.7. The van der Waals surface area contributed by atoms with Gasteiger partial charge in [-0.3, -0.25) is 0 Å². The fourth-order valence-electron chi connectivity index (χ4n) is 5.79. The standard InChI is InChI=1S/C27H36N2.C12H6F.Au/c1-18(2)22-11-9-12-23(19(3)4)26(22)28-15-16-29(17-28)27-24(20(5)6)13-10-14-25(27)21(7)8;1-2-9-7-8-12(13)11-6-4-3-5-10(9)11;/h9-16,18-21H,1-8H3;3-8H;. The minimum atomic E-state index is -0.628. The zero-order valence-electron chi connectivity index (χ0n) is 26.5. The van der Waals surface area contributed by atoms with Gasteiger partial charge in [0.1, 0.15) is 0 Å². The van der Waals surface area contributed by atoms with Crippen molar-refractivity contribution in [3.63, 3.8) is 0 Å². The third-order valence-electron chi connectivity index (χ3n) is 8.04. The predicted octanol–water partition coefficient (Wildman–Crippen LogP) is 10.7. The van der Waals surface area contributed by atoms with Gasteiger partial charge in [0.05, 0.1) is 0 Å². The van der Waals surface area contributed by atoms with E-state index < -0.39 is 19.3 Å². The van der Waals surface area contributed by atoms with E-state index in [0.717, 1.165) is 10.9 Å². The first-order valence-electron chi connectivity index (χ1n) is 15.2. The summed E-state index contributed by atoms with van der Waals surface area (Å²) in [6.07, 6.45) is 4.49. The molecule has 5 aromatic rings. The Bertz CT molecular complexity index is 1770. The van der Waals surface area contributed by atoms with Crippen LogP contribution in [0.25, 0.3) is 22.1 Å². The first kappa shape index (κ1) is 31.0. The van der Waals surface area contributed by atoms with Gasteiger partial charge in [0, 0.05) is 0 Å². The average Bonchev–Trinajstić information content (AvgIpc) is 3.40. The van der Waals surface area contributed by atoms with Gasteiger partial charge in [-0.1, -0.05) is 0 Å². The van der Waals surface area contributed by atoms with Gasteiger partial charge in [0.2, 0.25) is 0 Å². The van der Waals surface area contributed by atoms with E-state index in [1.165, 1.54) is 43.3 Å². The van der Waals surface area contributed by atoms with Crippen molar-refractivity contribution in [2.24, 2.45) is 0 Å². The molecule has 2 nitrogen and oxygen atoms in total. The summed E-state index contributed by atoms with van der Waals surface area (Å²) < 4.78 is 24.2. The number of rotatable bonds is 6. The van der Waals surface area contributed by atoms with Gasteiger partial charge in [0.25, 0.3) is 0 Å². The Kier molecular flexibility index (Phi) is 9.42. The van der Waals surface area contributed by atoms with E-state index in [2.05, 4.69) is 123 Å². The second kappa shape index (κ2) is 13.1. The van der Waals surface area contributed by atoms with E-state index in [4.69, 9.17) is 0 Å². The molecule has 0 aliphatic carbocycles. The van der Waals surface area contributed by atoms with E-state index in [1.54, 1.807) is 0 Å². The second-order valence-electron chi connectivity index (χ2n) is 12.4. The molecule has 1 heterocycles. The van der Waals surface area contributed by atoms with Gasteiger partial charge in [-0.05, 0) is 0 Å². The van der Waals surface area contributed by atoms with Crippen molar-refractivity contribution < 1.29 is 23.7 Å². The van der Waals surface area contributed by atoms with Crippen LogP contribution in [0.2, 0.25) is 0 Å². The maximum absolute atomic E-state index is 14.6. The number of hydrogen-bond donors (Lipinski definition) is 0. The van der Waals surface area contributed by atoms with Gasteiger partial charge in [0.15, 0.2) is 0 Å². The molecule has 0 spiro atoms. The number of aromatic nitrogens is 2. The zero-order valence-corrected chi connectivity index (χ0v) is 28.6. The number of halogens is 1. The van der Waals surface area contributed by atoms with E-state index >= 15 is 0 Å². The van der Waals surface area contributed by atoms with Crippen LogP contribution in [-0.2, 0) is 19.3 Å². The van der Waals surface area contributed by atoms with Crippen LogP contribution in [0.3, 0.4) is 0 Å². The summed E-state index contributed by atoms with van der Waals surface area (Å²) in [7, 11) is 0. The molecule has 0 atom stereocenters. The molecule has 0 N–H and O–H groups in total. The minimum absolute atomic E-state index is 0.209. The summed E-state index contributed by atoms with van der Waals surface area (Å²) in [5.74, 6) is 4.75. The molecule has 4 heteroatoms. The molecular formula is C39H42AuFN2. The number of para-hydroxylation sites is 2. The summed E-state index contributed by atoms with van der Waals surface area (Å²) >= 11 is -0.628. The van der Waals surface area contributed by atoms with Crippen molar-refractivity contribution in [3.8, 4) is 21.4 Å². The Hall–Kier alpha value is -3.42. The maximum atomic E-state index is 14.6. The Balaban J connectivity index is 1.86. The topological polar surface area (TPSA) is 9.86 Å². The summed E-state index contributed by atoms with van der Waals surface area (Å²) in [5.41, 5.74) is 8.80. The fourth-order valence-corrected chi connectivity index (χ4v) is 7.79. The van der Waals surface area contributed by atoms with Gasteiger partial charge >= 0.3 is 267 Å². The van der Waals surface area contributed by atoms with Crippen molar-refractivity contribution in [1.82, 2.24) is 9.13 Å². The van der Waals surface area contributed by atoms with Crippen LogP contribution >= 0.6 is 0 Å². The van der Waals surface area contributed by atoms with Gasteiger partial charge in [-0.15, -0.1) is 0 Å².